The van der Waals surface area contributed by atoms with Crippen molar-refractivity contribution >= 4 is 11.7 Å². The second-order valence-electron chi connectivity index (χ2n) is 8.09. The summed E-state index contributed by atoms with van der Waals surface area (Å²) in [5.41, 5.74) is 1.15. The minimum absolute atomic E-state index is 0.0300. The predicted molar refractivity (Wildman–Crippen MR) is 117 cm³/mol. The highest BCUT2D eigenvalue weighted by Gasteiger charge is 2.30. The molecule has 3 heterocycles. The summed E-state index contributed by atoms with van der Waals surface area (Å²) in [6.07, 6.45) is 9.44. The fourth-order valence-electron chi connectivity index (χ4n) is 4.63. The number of anilines is 1. The molecule has 7 nitrogen and oxygen atoms in total. The van der Waals surface area contributed by atoms with Crippen LogP contribution in [0, 0.1) is 5.92 Å². The van der Waals surface area contributed by atoms with Crippen LogP contribution in [0.5, 0.6) is 5.75 Å². The molecule has 7 heteroatoms. The summed E-state index contributed by atoms with van der Waals surface area (Å²) in [6.45, 7) is 4.32. The van der Waals surface area contributed by atoms with Crippen molar-refractivity contribution in [3.8, 4) is 5.75 Å². The number of hydrogen-bond acceptors (Lipinski definition) is 6. The van der Waals surface area contributed by atoms with E-state index in [1.54, 1.807) is 25.7 Å². The van der Waals surface area contributed by atoms with Crippen LogP contribution < -0.4 is 15.0 Å². The number of hydrogen-bond donors (Lipinski definition) is 1. The van der Waals surface area contributed by atoms with Crippen molar-refractivity contribution < 1.29 is 9.53 Å². The van der Waals surface area contributed by atoms with Gasteiger partial charge in [-0.2, -0.15) is 0 Å². The Kier molecular flexibility index (Phi) is 6.79. The SMILES string of the molecule is COc1ccccc1[C@H](CNC(=O)[C@@H]1CCCN(c2cnccn2)C1)N1CCCC1. The molecule has 1 N–H and O–H groups in total. The monoisotopic (exact) mass is 409 g/mol. The van der Waals surface area contributed by atoms with Gasteiger partial charge in [0.15, 0.2) is 0 Å². The first-order valence-electron chi connectivity index (χ1n) is 10.9. The van der Waals surface area contributed by atoms with Gasteiger partial charge in [0.05, 0.1) is 25.3 Å². The number of nitrogens with zero attached hydrogens (tertiary/aromatic N) is 4. The Balaban J connectivity index is 1.42. The lowest BCUT2D eigenvalue weighted by molar-refractivity contribution is -0.125. The Morgan fingerprint density at radius 2 is 2.03 bits per heavy atom. The number of carbonyl (C=O) groups excluding carboxylic acids is 1. The van der Waals surface area contributed by atoms with E-state index in [2.05, 4.69) is 31.2 Å². The zero-order valence-electron chi connectivity index (χ0n) is 17.7. The van der Waals surface area contributed by atoms with Gasteiger partial charge in [0.2, 0.25) is 5.91 Å². The number of likely N-dealkylation sites (tertiary alicyclic amines) is 1. The molecule has 4 rings (SSSR count). The molecule has 1 aromatic carbocycles. The van der Waals surface area contributed by atoms with E-state index in [4.69, 9.17) is 4.74 Å². The molecule has 1 amide bonds. The molecule has 2 atom stereocenters. The van der Waals surface area contributed by atoms with Crippen LogP contribution in [-0.4, -0.2) is 60.6 Å². The summed E-state index contributed by atoms with van der Waals surface area (Å²) >= 11 is 0. The Bertz CT molecular complexity index is 825. The van der Waals surface area contributed by atoms with E-state index in [-0.39, 0.29) is 17.9 Å². The molecule has 2 aliphatic heterocycles. The van der Waals surface area contributed by atoms with Crippen molar-refractivity contribution in [1.82, 2.24) is 20.2 Å². The van der Waals surface area contributed by atoms with E-state index in [1.165, 1.54) is 12.8 Å². The molecule has 2 aromatic rings. The molecule has 2 saturated heterocycles. The minimum Gasteiger partial charge on any atom is -0.496 e. The summed E-state index contributed by atoms with van der Waals surface area (Å²) < 4.78 is 5.61. The molecule has 0 unspecified atom stereocenters. The number of methoxy groups -OCH3 is 1. The summed E-state index contributed by atoms with van der Waals surface area (Å²) in [5.74, 6) is 1.83. The number of ether oxygens (including phenoxy) is 1. The molecule has 0 saturated carbocycles. The predicted octanol–water partition coefficient (Wildman–Crippen LogP) is 2.65. The van der Waals surface area contributed by atoms with Gasteiger partial charge in [0.25, 0.3) is 0 Å². The molecule has 0 spiro atoms. The molecule has 2 aliphatic rings. The Morgan fingerprint density at radius 3 is 2.80 bits per heavy atom. The Labute approximate surface area is 178 Å². The maximum Gasteiger partial charge on any atom is 0.224 e. The van der Waals surface area contributed by atoms with Crippen LogP contribution in [0.1, 0.15) is 37.3 Å². The van der Waals surface area contributed by atoms with Gasteiger partial charge in [-0.3, -0.25) is 14.7 Å². The molecule has 2 fully saturated rings. The number of amides is 1. The largest absolute Gasteiger partial charge is 0.496 e. The molecule has 160 valence electrons. The molecule has 0 bridgehead atoms. The summed E-state index contributed by atoms with van der Waals surface area (Å²) in [5, 5.41) is 3.25. The number of piperidine rings is 1. The van der Waals surface area contributed by atoms with Crippen molar-refractivity contribution in [2.45, 2.75) is 31.7 Å². The summed E-state index contributed by atoms with van der Waals surface area (Å²) in [7, 11) is 1.71. The van der Waals surface area contributed by atoms with E-state index in [1.807, 2.05) is 18.2 Å². The van der Waals surface area contributed by atoms with Crippen LogP contribution in [0.4, 0.5) is 5.82 Å². The van der Waals surface area contributed by atoms with E-state index in [0.717, 1.165) is 49.6 Å². The lowest BCUT2D eigenvalue weighted by Crippen LogP contribution is -2.45. The van der Waals surface area contributed by atoms with Gasteiger partial charge >= 0.3 is 0 Å². The van der Waals surface area contributed by atoms with Crippen LogP contribution in [-0.2, 0) is 4.79 Å². The molecule has 1 aromatic heterocycles. The van der Waals surface area contributed by atoms with Crippen LogP contribution in [0.2, 0.25) is 0 Å². The molecule has 0 radical (unpaired) electrons. The minimum atomic E-state index is -0.0300. The van der Waals surface area contributed by atoms with Gasteiger partial charge in [0.1, 0.15) is 11.6 Å². The van der Waals surface area contributed by atoms with E-state index in [0.29, 0.717) is 13.1 Å². The lowest BCUT2D eigenvalue weighted by atomic mass is 9.96. The van der Waals surface area contributed by atoms with Crippen LogP contribution in [0.25, 0.3) is 0 Å². The highest BCUT2D eigenvalue weighted by atomic mass is 16.5. The number of aromatic nitrogens is 2. The number of para-hydroxylation sites is 1. The first-order chi connectivity index (χ1) is 14.8. The third kappa shape index (κ3) is 4.73. The van der Waals surface area contributed by atoms with Crippen LogP contribution >= 0.6 is 0 Å². The van der Waals surface area contributed by atoms with Crippen molar-refractivity contribution in [3.63, 3.8) is 0 Å². The Hall–Kier alpha value is -2.67. The van der Waals surface area contributed by atoms with Gasteiger partial charge in [-0.1, -0.05) is 18.2 Å². The van der Waals surface area contributed by atoms with E-state index < -0.39 is 0 Å². The van der Waals surface area contributed by atoms with Crippen molar-refractivity contribution in [3.05, 3.63) is 48.4 Å². The average molecular weight is 410 g/mol. The summed E-state index contributed by atoms with van der Waals surface area (Å²) in [6, 6.07) is 8.28. The summed E-state index contributed by atoms with van der Waals surface area (Å²) in [4.78, 5) is 26.2. The third-order valence-corrected chi connectivity index (χ3v) is 6.21. The van der Waals surface area contributed by atoms with Crippen LogP contribution in [0.3, 0.4) is 0 Å². The smallest absolute Gasteiger partial charge is 0.224 e. The van der Waals surface area contributed by atoms with Crippen molar-refractivity contribution in [1.29, 1.82) is 0 Å². The second kappa shape index (κ2) is 9.89. The van der Waals surface area contributed by atoms with Gasteiger partial charge < -0.3 is 15.0 Å². The lowest BCUT2D eigenvalue weighted by Gasteiger charge is -2.34. The van der Waals surface area contributed by atoms with Gasteiger partial charge in [-0.15, -0.1) is 0 Å². The van der Waals surface area contributed by atoms with E-state index >= 15 is 0 Å². The Morgan fingerprint density at radius 1 is 1.20 bits per heavy atom. The number of benzene rings is 1. The van der Waals surface area contributed by atoms with E-state index in [9.17, 15) is 4.79 Å². The van der Waals surface area contributed by atoms with Gasteiger partial charge in [-0.05, 0) is 44.8 Å². The highest BCUT2D eigenvalue weighted by Crippen LogP contribution is 2.31. The average Bonchev–Trinajstić information content (AvgIpc) is 3.35. The maximum absolute atomic E-state index is 13.1. The topological polar surface area (TPSA) is 70.6 Å². The molecular formula is C23H31N5O2. The third-order valence-electron chi connectivity index (χ3n) is 6.21. The fourth-order valence-corrected chi connectivity index (χ4v) is 4.63. The molecule has 30 heavy (non-hydrogen) atoms. The van der Waals surface area contributed by atoms with Crippen molar-refractivity contribution in [2.75, 3.05) is 44.7 Å². The zero-order chi connectivity index (χ0) is 20.8. The molecule has 0 aliphatic carbocycles. The number of nitrogens with one attached hydrogen (secondary N) is 1. The van der Waals surface area contributed by atoms with Gasteiger partial charge in [-0.25, -0.2) is 4.98 Å². The zero-order valence-corrected chi connectivity index (χ0v) is 17.7. The standard InChI is InChI=1S/C23H31N5O2/c1-30-21-9-3-2-8-19(21)20(27-12-4-5-13-27)15-26-23(29)18-7-6-14-28(17-18)22-16-24-10-11-25-22/h2-3,8-11,16,18,20H,4-7,12-15,17H2,1H3,(H,26,29)/t18-,20+/m1/s1. The number of rotatable bonds is 7. The van der Waals surface area contributed by atoms with Crippen molar-refractivity contribution in [2.24, 2.45) is 5.92 Å². The van der Waals surface area contributed by atoms with Gasteiger partial charge in [0, 0.05) is 37.6 Å². The van der Waals surface area contributed by atoms with Crippen LogP contribution in [0.15, 0.2) is 42.9 Å². The first kappa shape index (κ1) is 20.6. The number of carbonyl (C=O) groups is 1. The fraction of sp³-hybridized carbons (Fsp3) is 0.522. The highest BCUT2D eigenvalue weighted by molar-refractivity contribution is 5.79. The first-order valence-corrected chi connectivity index (χ1v) is 10.9. The second-order valence-corrected chi connectivity index (χ2v) is 8.09. The normalized spacial score (nSPS) is 20.7. The molecular weight excluding hydrogens is 378 g/mol. The quantitative estimate of drug-likeness (QED) is 0.758. The maximum atomic E-state index is 13.1.